The summed E-state index contributed by atoms with van der Waals surface area (Å²) < 4.78 is 37.7. The summed E-state index contributed by atoms with van der Waals surface area (Å²) >= 11 is 0. The van der Waals surface area contributed by atoms with E-state index in [0.717, 1.165) is 25.9 Å². The van der Waals surface area contributed by atoms with E-state index in [2.05, 4.69) is 21.7 Å². The summed E-state index contributed by atoms with van der Waals surface area (Å²) in [5.41, 5.74) is -0.0698. The first-order valence-corrected chi connectivity index (χ1v) is 9.21. The van der Waals surface area contributed by atoms with Crippen molar-refractivity contribution >= 4 is 16.0 Å². The fourth-order valence-corrected chi connectivity index (χ4v) is 4.08. The lowest BCUT2D eigenvalue weighted by molar-refractivity contribution is 0.0563. The van der Waals surface area contributed by atoms with Gasteiger partial charge in [0, 0.05) is 19.0 Å². The van der Waals surface area contributed by atoms with Gasteiger partial charge in [-0.05, 0) is 31.3 Å². The third-order valence-corrected chi connectivity index (χ3v) is 5.72. The predicted octanol–water partition coefficient (Wildman–Crippen LogP) is 1.30. The molecule has 0 spiro atoms. The highest BCUT2D eigenvalue weighted by atomic mass is 32.2. The van der Waals surface area contributed by atoms with Gasteiger partial charge < -0.3 is 14.5 Å². The van der Waals surface area contributed by atoms with Gasteiger partial charge in [-0.3, -0.25) is 0 Å². The second-order valence-electron chi connectivity index (χ2n) is 6.13. The summed E-state index contributed by atoms with van der Waals surface area (Å²) in [4.78, 5) is 11.6. The van der Waals surface area contributed by atoms with Gasteiger partial charge in [0.15, 0.2) is 0 Å². The number of methoxy groups -OCH3 is 1. The maximum Gasteiger partial charge on any atom is 0.373 e. The zero-order valence-corrected chi connectivity index (χ0v) is 14.6. The number of carbonyl (C=O) groups is 1. The lowest BCUT2D eigenvalue weighted by Crippen LogP contribution is -2.42. The third kappa shape index (κ3) is 4.13. The van der Waals surface area contributed by atoms with Crippen LogP contribution in [-0.4, -0.2) is 41.1 Å². The number of hydrogen-bond donors (Lipinski definition) is 2. The summed E-state index contributed by atoms with van der Waals surface area (Å²) in [5.74, 6) is -0.530. The number of hydrogen-bond acceptors (Lipinski definition) is 6. The summed E-state index contributed by atoms with van der Waals surface area (Å²) in [6, 6.07) is 1.23. The molecule has 0 unspecified atom stereocenters. The first-order valence-electron chi connectivity index (χ1n) is 7.73. The zero-order chi connectivity index (χ0) is 17.1. The molecule has 2 rings (SSSR count). The molecule has 0 aromatic carbocycles. The maximum absolute atomic E-state index is 12.6. The van der Waals surface area contributed by atoms with Crippen LogP contribution in [0.25, 0.3) is 0 Å². The van der Waals surface area contributed by atoms with E-state index in [1.54, 1.807) is 6.92 Å². The molecule has 1 aliphatic rings. The van der Waals surface area contributed by atoms with Crippen molar-refractivity contribution in [1.29, 1.82) is 0 Å². The molecule has 0 saturated carbocycles. The number of piperidine rings is 1. The average Bonchev–Trinajstić information content (AvgIpc) is 2.98. The average molecular weight is 344 g/mol. The SMILES string of the molecule is CCc1oc(C(=O)OC)cc1S(=O)(=O)NCC1(C)CCNCC1. The van der Waals surface area contributed by atoms with Gasteiger partial charge in [-0.1, -0.05) is 13.8 Å². The number of furan rings is 1. The van der Waals surface area contributed by atoms with Crippen LogP contribution >= 0.6 is 0 Å². The molecule has 8 heteroatoms. The molecule has 7 nitrogen and oxygen atoms in total. The van der Waals surface area contributed by atoms with Crippen LogP contribution in [0.4, 0.5) is 0 Å². The maximum atomic E-state index is 12.6. The van der Waals surface area contributed by atoms with E-state index in [9.17, 15) is 13.2 Å². The van der Waals surface area contributed by atoms with E-state index in [4.69, 9.17) is 4.42 Å². The molecule has 0 aliphatic carbocycles. The fraction of sp³-hybridized carbons (Fsp3) is 0.667. The number of sulfonamides is 1. The quantitative estimate of drug-likeness (QED) is 0.755. The highest BCUT2D eigenvalue weighted by molar-refractivity contribution is 7.89. The molecular weight excluding hydrogens is 320 g/mol. The van der Waals surface area contributed by atoms with Gasteiger partial charge in [-0.25, -0.2) is 17.9 Å². The van der Waals surface area contributed by atoms with Crippen LogP contribution < -0.4 is 10.0 Å². The normalized spacial score (nSPS) is 17.9. The predicted molar refractivity (Wildman–Crippen MR) is 84.8 cm³/mol. The summed E-state index contributed by atoms with van der Waals surface area (Å²) in [6.45, 7) is 5.98. The molecule has 1 saturated heterocycles. The van der Waals surface area contributed by atoms with E-state index in [-0.39, 0.29) is 21.8 Å². The number of rotatable bonds is 6. The highest BCUT2D eigenvalue weighted by Crippen LogP contribution is 2.28. The number of aryl methyl sites for hydroxylation is 1. The van der Waals surface area contributed by atoms with Gasteiger partial charge in [0.25, 0.3) is 0 Å². The molecule has 1 fully saturated rings. The Morgan fingerprint density at radius 3 is 2.65 bits per heavy atom. The Bertz CT molecular complexity index is 659. The van der Waals surface area contributed by atoms with Gasteiger partial charge in [-0.2, -0.15) is 0 Å². The Hall–Kier alpha value is -1.38. The second kappa shape index (κ2) is 7.02. The third-order valence-electron chi connectivity index (χ3n) is 4.27. The molecule has 0 amide bonds. The first-order chi connectivity index (χ1) is 10.8. The van der Waals surface area contributed by atoms with Gasteiger partial charge in [-0.15, -0.1) is 0 Å². The largest absolute Gasteiger partial charge is 0.463 e. The van der Waals surface area contributed by atoms with E-state index in [0.29, 0.717) is 13.0 Å². The van der Waals surface area contributed by atoms with Crippen LogP contribution in [0.3, 0.4) is 0 Å². The van der Waals surface area contributed by atoms with Crippen LogP contribution in [0.5, 0.6) is 0 Å². The van der Waals surface area contributed by atoms with Crippen LogP contribution in [0.2, 0.25) is 0 Å². The smallest absolute Gasteiger partial charge is 0.373 e. The Labute approximate surface area is 136 Å². The lowest BCUT2D eigenvalue weighted by atomic mass is 9.81. The fourth-order valence-electron chi connectivity index (χ4n) is 2.64. The van der Waals surface area contributed by atoms with Gasteiger partial charge in [0.1, 0.15) is 10.7 Å². The van der Waals surface area contributed by atoms with Crippen LogP contribution in [0.15, 0.2) is 15.4 Å². The molecule has 0 bridgehead atoms. The Morgan fingerprint density at radius 1 is 1.43 bits per heavy atom. The lowest BCUT2D eigenvalue weighted by Gasteiger charge is -2.34. The molecule has 0 radical (unpaired) electrons. The minimum Gasteiger partial charge on any atom is -0.463 e. The zero-order valence-electron chi connectivity index (χ0n) is 13.8. The molecule has 130 valence electrons. The molecule has 0 atom stereocenters. The second-order valence-corrected chi connectivity index (χ2v) is 7.86. The molecule has 2 N–H and O–H groups in total. The number of esters is 1. The van der Waals surface area contributed by atoms with E-state index >= 15 is 0 Å². The summed E-state index contributed by atoms with van der Waals surface area (Å²) in [7, 11) is -2.51. The summed E-state index contributed by atoms with van der Waals surface area (Å²) in [5, 5.41) is 3.27. The molecule has 1 aliphatic heterocycles. The Morgan fingerprint density at radius 2 is 2.09 bits per heavy atom. The van der Waals surface area contributed by atoms with E-state index in [1.807, 2.05) is 0 Å². The van der Waals surface area contributed by atoms with Crippen molar-refractivity contribution < 1.29 is 22.4 Å². The van der Waals surface area contributed by atoms with Crippen molar-refractivity contribution in [2.45, 2.75) is 38.0 Å². The van der Waals surface area contributed by atoms with Crippen LogP contribution in [0.1, 0.15) is 43.0 Å². The molecule has 2 heterocycles. The van der Waals surface area contributed by atoms with Crippen molar-refractivity contribution in [3.8, 4) is 0 Å². The van der Waals surface area contributed by atoms with Gasteiger partial charge in [0.05, 0.1) is 7.11 Å². The standard InChI is InChI=1S/C15H24N2O5S/c1-4-11-13(9-12(22-11)14(18)21-3)23(19,20)17-10-15(2)5-7-16-8-6-15/h9,16-17H,4-8,10H2,1-3H3. The van der Waals surface area contributed by atoms with Crippen molar-refractivity contribution in [1.82, 2.24) is 10.0 Å². The van der Waals surface area contributed by atoms with Gasteiger partial charge in [0.2, 0.25) is 15.8 Å². The van der Waals surface area contributed by atoms with Gasteiger partial charge >= 0.3 is 5.97 Å². The first kappa shape index (κ1) is 18.0. The summed E-state index contributed by atoms with van der Waals surface area (Å²) in [6.07, 6.45) is 2.19. The Balaban J connectivity index is 2.18. The van der Waals surface area contributed by atoms with Crippen molar-refractivity contribution in [3.05, 3.63) is 17.6 Å². The molecule has 1 aromatic heterocycles. The van der Waals surface area contributed by atoms with E-state index in [1.165, 1.54) is 13.2 Å². The number of nitrogens with one attached hydrogen (secondary N) is 2. The molecule has 23 heavy (non-hydrogen) atoms. The van der Waals surface area contributed by atoms with Crippen molar-refractivity contribution in [2.75, 3.05) is 26.7 Å². The molecule has 1 aromatic rings. The molecular formula is C15H24N2O5S. The van der Waals surface area contributed by atoms with Crippen LogP contribution in [-0.2, 0) is 21.2 Å². The minimum atomic E-state index is -3.73. The number of carbonyl (C=O) groups excluding carboxylic acids is 1. The van der Waals surface area contributed by atoms with Crippen molar-refractivity contribution in [3.63, 3.8) is 0 Å². The van der Waals surface area contributed by atoms with Crippen molar-refractivity contribution in [2.24, 2.45) is 5.41 Å². The van der Waals surface area contributed by atoms with Crippen LogP contribution in [0, 0.1) is 5.41 Å². The number of ether oxygens (including phenoxy) is 1. The highest BCUT2D eigenvalue weighted by Gasteiger charge is 2.31. The Kier molecular flexibility index (Phi) is 5.49. The minimum absolute atomic E-state index is 0.0120. The monoisotopic (exact) mass is 344 g/mol. The topological polar surface area (TPSA) is 97.6 Å². The van der Waals surface area contributed by atoms with E-state index < -0.39 is 16.0 Å².